The van der Waals surface area contributed by atoms with Crippen LogP contribution in [-0.2, 0) is 10.5 Å². The molecule has 1 atom stereocenters. The molecule has 82 valence electrons. The first-order valence-corrected chi connectivity index (χ1v) is 5.79. The van der Waals surface area contributed by atoms with E-state index in [0.717, 1.165) is 5.56 Å². The van der Waals surface area contributed by atoms with Crippen LogP contribution in [-0.4, -0.2) is 27.9 Å². The molecule has 4 nitrogen and oxygen atoms in total. The highest BCUT2D eigenvalue weighted by Gasteiger charge is 2.10. The Hall–Kier alpha value is -0.780. The van der Waals surface area contributed by atoms with Crippen LogP contribution in [0.25, 0.3) is 0 Å². The van der Waals surface area contributed by atoms with Crippen molar-refractivity contribution in [2.45, 2.75) is 11.8 Å². The number of halogens is 1. The van der Waals surface area contributed by atoms with Gasteiger partial charge in [0.05, 0.1) is 0 Å². The number of aliphatic carboxylic acids is 1. The van der Waals surface area contributed by atoms with E-state index in [-0.39, 0.29) is 0 Å². The zero-order valence-electron chi connectivity index (χ0n) is 7.89. The summed E-state index contributed by atoms with van der Waals surface area (Å²) < 4.78 is 0. The number of hydrogen-bond acceptors (Lipinski definition) is 4. The van der Waals surface area contributed by atoms with Crippen molar-refractivity contribution in [3.05, 3.63) is 29.0 Å². The highest BCUT2D eigenvalue weighted by Crippen LogP contribution is 2.13. The van der Waals surface area contributed by atoms with Crippen molar-refractivity contribution in [2.24, 2.45) is 5.73 Å². The van der Waals surface area contributed by atoms with Gasteiger partial charge in [-0.05, 0) is 11.6 Å². The second-order valence-electron chi connectivity index (χ2n) is 2.95. The summed E-state index contributed by atoms with van der Waals surface area (Å²) in [6.45, 7) is 0. The van der Waals surface area contributed by atoms with Gasteiger partial charge in [-0.25, -0.2) is 4.98 Å². The van der Waals surface area contributed by atoms with Crippen molar-refractivity contribution in [2.75, 3.05) is 5.75 Å². The van der Waals surface area contributed by atoms with E-state index >= 15 is 0 Å². The molecule has 3 N–H and O–H groups in total. The fraction of sp³-hybridized carbons (Fsp3) is 0.333. The van der Waals surface area contributed by atoms with E-state index in [4.69, 9.17) is 22.4 Å². The van der Waals surface area contributed by atoms with E-state index < -0.39 is 12.0 Å². The van der Waals surface area contributed by atoms with E-state index in [1.807, 2.05) is 6.07 Å². The molecule has 0 amide bonds. The highest BCUT2D eigenvalue weighted by molar-refractivity contribution is 7.98. The van der Waals surface area contributed by atoms with Crippen molar-refractivity contribution >= 4 is 29.3 Å². The molecule has 15 heavy (non-hydrogen) atoms. The fourth-order valence-electron chi connectivity index (χ4n) is 0.867. The van der Waals surface area contributed by atoms with Gasteiger partial charge in [0.2, 0.25) is 0 Å². The van der Waals surface area contributed by atoms with E-state index in [0.29, 0.717) is 16.7 Å². The molecule has 0 unspecified atom stereocenters. The molecule has 0 aliphatic heterocycles. The molecule has 0 spiro atoms. The minimum absolute atomic E-state index is 0.387. The molecule has 1 aromatic heterocycles. The first kappa shape index (κ1) is 12.3. The molecule has 0 fully saturated rings. The Balaban J connectivity index is 2.32. The Morgan fingerprint density at radius 2 is 2.40 bits per heavy atom. The zero-order valence-corrected chi connectivity index (χ0v) is 9.46. The molecule has 0 aliphatic rings. The highest BCUT2D eigenvalue weighted by atomic mass is 35.5. The van der Waals surface area contributed by atoms with Gasteiger partial charge in [0.25, 0.3) is 0 Å². The van der Waals surface area contributed by atoms with Crippen molar-refractivity contribution in [1.82, 2.24) is 4.98 Å². The van der Waals surface area contributed by atoms with Gasteiger partial charge in [-0.2, -0.15) is 11.8 Å². The number of carboxylic acid groups (broad SMARTS) is 1. The maximum Gasteiger partial charge on any atom is 0.321 e. The predicted octanol–water partition coefficient (Wildman–Crippen LogP) is 1.38. The van der Waals surface area contributed by atoms with Crippen LogP contribution in [0.3, 0.4) is 0 Å². The van der Waals surface area contributed by atoms with Crippen molar-refractivity contribution in [3.8, 4) is 0 Å². The third kappa shape index (κ3) is 4.51. The van der Waals surface area contributed by atoms with E-state index in [2.05, 4.69) is 4.98 Å². The second-order valence-corrected chi connectivity index (χ2v) is 4.37. The average Bonchev–Trinajstić information content (AvgIpc) is 2.20. The molecule has 0 saturated carbocycles. The van der Waals surface area contributed by atoms with Crippen LogP contribution in [0, 0.1) is 0 Å². The number of nitrogens with two attached hydrogens (primary N) is 1. The standard InChI is InChI=1S/C9H11ClN2O2S/c10-8-2-1-6(3-12-8)4-15-5-7(11)9(13)14/h1-3,7H,4-5,11H2,(H,13,14)/t7-/m0/s1. The van der Waals surface area contributed by atoms with Gasteiger partial charge in [0, 0.05) is 17.7 Å². The van der Waals surface area contributed by atoms with E-state index in [1.54, 1.807) is 12.3 Å². The Bertz CT molecular complexity index is 331. The number of rotatable bonds is 5. The molecule has 0 aromatic carbocycles. The molecular weight excluding hydrogens is 236 g/mol. The van der Waals surface area contributed by atoms with Crippen LogP contribution in [0.1, 0.15) is 5.56 Å². The molecule has 1 aromatic rings. The number of nitrogens with zero attached hydrogens (tertiary/aromatic N) is 1. The summed E-state index contributed by atoms with van der Waals surface area (Å²) >= 11 is 7.08. The number of thioether (sulfide) groups is 1. The Morgan fingerprint density at radius 3 is 2.93 bits per heavy atom. The summed E-state index contributed by atoms with van der Waals surface area (Å²) in [5.74, 6) is 0.0973. The maximum absolute atomic E-state index is 10.4. The number of hydrogen-bond donors (Lipinski definition) is 2. The van der Waals surface area contributed by atoms with Gasteiger partial charge in [-0.1, -0.05) is 17.7 Å². The van der Waals surface area contributed by atoms with Crippen LogP contribution in [0.5, 0.6) is 0 Å². The lowest BCUT2D eigenvalue weighted by molar-refractivity contribution is -0.137. The Kier molecular flexibility index (Phi) is 4.87. The summed E-state index contributed by atoms with van der Waals surface area (Å²) in [5, 5.41) is 9.00. The van der Waals surface area contributed by atoms with Crippen LogP contribution >= 0.6 is 23.4 Å². The number of carboxylic acids is 1. The lowest BCUT2D eigenvalue weighted by Gasteiger charge is -2.05. The SMILES string of the molecule is N[C@@H](CSCc1ccc(Cl)nc1)C(=O)O. The summed E-state index contributed by atoms with van der Waals surface area (Å²) in [6.07, 6.45) is 1.67. The van der Waals surface area contributed by atoms with E-state index in [9.17, 15) is 4.79 Å². The van der Waals surface area contributed by atoms with Crippen LogP contribution in [0.2, 0.25) is 5.15 Å². The first-order chi connectivity index (χ1) is 7.09. The smallest absolute Gasteiger partial charge is 0.321 e. The molecule has 0 bridgehead atoms. The third-order valence-corrected chi connectivity index (χ3v) is 3.03. The monoisotopic (exact) mass is 246 g/mol. The van der Waals surface area contributed by atoms with Gasteiger partial charge in [0.15, 0.2) is 0 Å². The zero-order chi connectivity index (χ0) is 11.3. The van der Waals surface area contributed by atoms with Crippen molar-refractivity contribution in [3.63, 3.8) is 0 Å². The van der Waals surface area contributed by atoms with Crippen molar-refractivity contribution < 1.29 is 9.90 Å². The maximum atomic E-state index is 10.4. The molecule has 1 heterocycles. The lowest BCUT2D eigenvalue weighted by Crippen LogP contribution is -2.32. The average molecular weight is 247 g/mol. The normalized spacial score (nSPS) is 12.4. The van der Waals surface area contributed by atoms with Crippen molar-refractivity contribution in [1.29, 1.82) is 0 Å². The van der Waals surface area contributed by atoms with Gasteiger partial charge in [0.1, 0.15) is 11.2 Å². The summed E-state index contributed by atoms with van der Waals surface area (Å²) in [5.41, 5.74) is 6.35. The fourth-order valence-corrected chi connectivity index (χ4v) is 1.90. The minimum Gasteiger partial charge on any atom is -0.480 e. The quantitative estimate of drug-likeness (QED) is 0.768. The van der Waals surface area contributed by atoms with E-state index in [1.165, 1.54) is 11.8 Å². The molecule has 0 radical (unpaired) electrons. The van der Waals surface area contributed by atoms with Gasteiger partial charge < -0.3 is 10.8 Å². The Morgan fingerprint density at radius 1 is 1.67 bits per heavy atom. The number of aromatic nitrogens is 1. The van der Waals surface area contributed by atoms with Crippen LogP contribution in [0.15, 0.2) is 18.3 Å². The second kappa shape index (κ2) is 5.95. The lowest BCUT2D eigenvalue weighted by atomic mass is 10.3. The Labute approximate surface area is 96.8 Å². The number of pyridine rings is 1. The van der Waals surface area contributed by atoms with Gasteiger partial charge in [-0.3, -0.25) is 4.79 Å². The third-order valence-electron chi connectivity index (χ3n) is 1.67. The summed E-state index contributed by atoms with van der Waals surface area (Å²) in [4.78, 5) is 14.3. The molecule has 0 aliphatic carbocycles. The predicted molar refractivity (Wildman–Crippen MR) is 61.0 cm³/mol. The first-order valence-electron chi connectivity index (χ1n) is 4.26. The molecular formula is C9H11ClN2O2S. The van der Waals surface area contributed by atoms with Gasteiger partial charge in [-0.15, -0.1) is 0 Å². The summed E-state index contributed by atoms with van der Waals surface area (Å²) in [6, 6.07) is 2.75. The molecule has 6 heteroatoms. The molecule has 0 saturated heterocycles. The number of carbonyl (C=O) groups is 1. The largest absolute Gasteiger partial charge is 0.480 e. The topological polar surface area (TPSA) is 76.2 Å². The summed E-state index contributed by atoms with van der Waals surface area (Å²) in [7, 11) is 0. The minimum atomic E-state index is -0.975. The van der Waals surface area contributed by atoms with Crippen LogP contribution in [0.4, 0.5) is 0 Å². The van der Waals surface area contributed by atoms with Crippen LogP contribution < -0.4 is 5.73 Å². The van der Waals surface area contributed by atoms with Gasteiger partial charge >= 0.3 is 5.97 Å². The molecule has 1 rings (SSSR count).